The quantitative estimate of drug-likeness (QED) is 0.348. The van der Waals surface area contributed by atoms with Crippen LogP contribution in [0.25, 0.3) is 11.3 Å². The first-order valence-electron chi connectivity index (χ1n) is 8.29. The van der Waals surface area contributed by atoms with E-state index in [2.05, 4.69) is 15.5 Å². The summed E-state index contributed by atoms with van der Waals surface area (Å²) in [5.41, 5.74) is 4.81. The van der Waals surface area contributed by atoms with Gasteiger partial charge >= 0.3 is 0 Å². The zero-order chi connectivity index (χ0) is 21.0. The van der Waals surface area contributed by atoms with Gasteiger partial charge in [0.1, 0.15) is 0 Å². The molecule has 0 spiro atoms. The van der Waals surface area contributed by atoms with Crippen molar-refractivity contribution in [3.8, 4) is 11.3 Å². The first-order chi connectivity index (χ1) is 13.8. The SMILES string of the molecule is CN(C)S(=O)(=O)c1ccc(-c2csc(NN=Cc3cccc([N+](=O)[O-])c3)n2)cc1. The fourth-order valence-corrected chi connectivity index (χ4v) is 3.92. The van der Waals surface area contributed by atoms with E-state index in [1.165, 1.54) is 55.9 Å². The molecule has 0 fully saturated rings. The monoisotopic (exact) mass is 431 g/mol. The highest BCUT2D eigenvalue weighted by molar-refractivity contribution is 7.89. The molecule has 0 aliphatic carbocycles. The minimum absolute atomic E-state index is 0.00906. The van der Waals surface area contributed by atoms with Gasteiger partial charge in [0.2, 0.25) is 15.2 Å². The number of hydrogen-bond acceptors (Lipinski definition) is 8. The van der Waals surface area contributed by atoms with Crippen LogP contribution in [0.5, 0.6) is 0 Å². The fourth-order valence-electron chi connectivity index (χ4n) is 2.35. The van der Waals surface area contributed by atoms with Gasteiger partial charge in [-0.2, -0.15) is 5.10 Å². The van der Waals surface area contributed by atoms with E-state index in [1.54, 1.807) is 24.3 Å². The largest absolute Gasteiger partial charge is 0.270 e. The number of rotatable bonds is 7. The third kappa shape index (κ3) is 4.83. The Morgan fingerprint density at radius 3 is 2.59 bits per heavy atom. The molecule has 3 aromatic rings. The maximum absolute atomic E-state index is 12.1. The van der Waals surface area contributed by atoms with Gasteiger partial charge in [0, 0.05) is 42.7 Å². The van der Waals surface area contributed by atoms with Gasteiger partial charge < -0.3 is 0 Å². The molecule has 0 aliphatic rings. The number of sulfonamides is 1. The summed E-state index contributed by atoms with van der Waals surface area (Å²) in [4.78, 5) is 15.0. The Labute approximate surface area is 171 Å². The minimum atomic E-state index is -3.48. The number of non-ortho nitro benzene ring substituents is 1. The van der Waals surface area contributed by atoms with E-state index in [9.17, 15) is 18.5 Å². The highest BCUT2D eigenvalue weighted by atomic mass is 32.2. The first-order valence-corrected chi connectivity index (χ1v) is 10.6. The third-order valence-corrected chi connectivity index (χ3v) is 6.46. The second-order valence-electron chi connectivity index (χ2n) is 6.07. The van der Waals surface area contributed by atoms with Gasteiger partial charge in [0.05, 0.1) is 21.7 Å². The van der Waals surface area contributed by atoms with Crippen molar-refractivity contribution in [3.63, 3.8) is 0 Å². The third-order valence-electron chi connectivity index (χ3n) is 3.89. The molecule has 0 unspecified atom stereocenters. The average Bonchev–Trinajstić information content (AvgIpc) is 3.17. The molecule has 9 nitrogen and oxygen atoms in total. The van der Waals surface area contributed by atoms with E-state index >= 15 is 0 Å². The lowest BCUT2D eigenvalue weighted by Crippen LogP contribution is -2.22. The molecular formula is C18H17N5O4S2. The van der Waals surface area contributed by atoms with Gasteiger partial charge in [-0.3, -0.25) is 15.5 Å². The van der Waals surface area contributed by atoms with Crippen LogP contribution in [-0.2, 0) is 10.0 Å². The summed E-state index contributed by atoms with van der Waals surface area (Å²) in [5, 5.41) is 17.2. The molecular weight excluding hydrogens is 414 g/mol. The van der Waals surface area contributed by atoms with Crippen LogP contribution in [-0.4, -0.2) is 42.9 Å². The Bertz CT molecular complexity index is 1160. The van der Waals surface area contributed by atoms with Gasteiger partial charge in [-0.25, -0.2) is 17.7 Å². The molecule has 1 aromatic heterocycles. The summed E-state index contributed by atoms with van der Waals surface area (Å²) in [5.74, 6) is 0. The highest BCUT2D eigenvalue weighted by Crippen LogP contribution is 2.26. The molecule has 29 heavy (non-hydrogen) atoms. The van der Waals surface area contributed by atoms with Crippen molar-refractivity contribution in [1.82, 2.24) is 9.29 Å². The Balaban J connectivity index is 1.70. The molecule has 0 amide bonds. The molecule has 0 aliphatic heterocycles. The van der Waals surface area contributed by atoms with Crippen molar-refractivity contribution in [1.29, 1.82) is 0 Å². The van der Waals surface area contributed by atoms with E-state index in [0.717, 1.165) is 9.87 Å². The van der Waals surface area contributed by atoms with Crippen molar-refractivity contribution in [2.75, 3.05) is 19.5 Å². The number of nitrogens with zero attached hydrogens (tertiary/aromatic N) is 4. The lowest BCUT2D eigenvalue weighted by molar-refractivity contribution is -0.384. The highest BCUT2D eigenvalue weighted by Gasteiger charge is 2.17. The maximum Gasteiger partial charge on any atom is 0.270 e. The Morgan fingerprint density at radius 1 is 1.21 bits per heavy atom. The number of anilines is 1. The summed E-state index contributed by atoms with van der Waals surface area (Å²) in [6, 6.07) is 12.6. The van der Waals surface area contributed by atoms with Crippen LogP contribution in [0.3, 0.4) is 0 Å². The van der Waals surface area contributed by atoms with Crippen LogP contribution >= 0.6 is 11.3 Å². The van der Waals surface area contributed by atoms with Gasteiger partial charge in [0.15, 0.2) is 0 Å². The number of hydrogen-bond donors (Lipinski definition) is 1. The fraction of sp³-hybridized carbons (Fsp3) is 0.111. The number of nitrogens with one attached hydrogen (secondary N) is 1. The molecule has 0 saturated heterocycles. The van der Waals surface area contributed by atoms with E-state index in [4.69, 9.17) is 0 Å². The van der Waals surface area contributed by atoms with E-state index in [1.807, 2.05) is 5.38 Å². The second-order valence-corrected chi connectivity index (χ2v) is 9.08. The Morgan fingerprint density at radius 2 is 1.93 bits per heavy atom. The van der Waals surface area contributed by atoms with Crippen molar-refractivity contribution in [2.24, 2.45) is 5.10 Å². The van der Waals surface area contributed by atoms with Crippen LogP contribution in [0.15, 0.2) is 63.9 Å². The number of nitro benzene ring substituents is 1. The van der Waals surface area contributed by atoms with Gasteiger partial charge in [-0.15, -0.1) is 11.3 Å². The Kier molecular flexibility index (Phi) is 6.01. The van der Waals surface area contributed by atoms with Crippen LogP contribution in [0, 0.1) is 10.1 Å². The van der Waals surface area contributed by atoms with Gasteiger partial charge in [0.25, 0.3) is 5.69 Å². The summed E-state index contributed by atoms with van der Waals surface area (Å²) in [6.07, 6.45) is 1.47. The molecule has 3 rings (SSSR count). The molecule has 11 heteroatoms. The molecule has 1 N–H and O–H groups in total. The molecule has 150 valence electrons. The van der Waals surface area contributed by atoms with Crippen molar-refractivity contribution < 1.29 is 13.3 Å². The van der Waals surface area contributed by atoms with Crippen LogP contribution in [0.4, 0.5) is 10.8 Å². The molecule has 2 aromatic carbocycles. The zero-order valence-corrected chi connectivity index (χ0v) is 17.1. The topological polar surface area (TPSA) is 118 Å². The summed E-state index contributed by atoms with van der Waals surface area (Å²) in [6.45, 7) is 0. The van der Waals surface area contributed by atoms with E-state index in [-0.39, 0.29) is 10.6 Å². The van der Waals surface area contributed by atoms with Crippen molar-refractivity contribution in [2.45, 2.75) is 4.90 Å². The summed E-state index contributed by atoms with van der Waals surface area (Å²) in [7, 11) is -0.512. The zero-order valence-electron chi connectivity index (χ0n) is 15.5. The first kappa shape index (κ1) is 20.6. The standard InChI is InChI=1S/C18H17N5O4S2/c1-22(2)29(26,27)16-8-6-14(7-9-16)17-12-28-18(20-17)21-19-11-13-4-3-5-15(10-13)23(24)25/h3-12H,1-2H3,(H,20,21). The predicted octanol–water partition coefficient (Wildman–Crippen LogP) is 3.41. The lowest BCUT2D eigenvalue weighted by Gasteiger charge is -2.11. The predicted molar refractivity (Wildman–Crippen MR) is 113 cm³/mol. The summed E-state index contributed by atoms with van der Waals surface area (Å²) < 4.78 is 25.4. The summed E-state index contributed by atoms with van der Waals surface area (Å²) >= 11 is 1.33. The van der Waals surface area contributed by atoms with Gasteiger partial charge in [-0.1, -0.05) is 24.3 Å². The van der Waals surface area contributed by atoms with Crippen LogP contribution < -0.4 is 5.43 Å². The number of hydrazone groups is 1. The molecule has 1 heterocycles. The number of thiazole rings is 1. The van der Waals surface area contributed by atoms with Gasteiger partial charge in [-0.05, 0) is 12.1 Å². The van der Waals surface area contributed by atoms with Crippen molar-refractivity contribution in [3.05, 3.63) is 69.6 Å². The van der Waals surface area contributed by atoms with Crippen LogP contribution in [0.1, 0.15) is 5.56 Å². The van der Waals surface area contributed by atoms with Crippen LogP contribution in [0.2, 0.25) is 0 Å². The number of nitro groups is 1. The number of aromatic nitrogens is 1. The second kappa shape index (κ2) is 8.47. The number of benzene rings is 2. The lowest BCUT2D eigenvalue weighted by atomic mass is 10.2. The normalized spacial score (nSPS) is 11.8. The average molecular weight is 431 g/mol. The molecule has 0 atom stereocenters. The molecule has 0 bridgehead atoms. The minimum Gasteiger partial charge on any atom is -0.258 e. The molecule has 0 saturated carbocycles. The Hall–Kier alpha value is -3.15. The van der Waals surface area contributed by atoms with Crippen molar-refractivity contribution >= 4 is 38.4 Å². The smallest absolute Gasteiger partial charge is 0.258 e. The molecule has 0 radical (unpaired) electrons. The van der Waals surface area contributed by atoms with E-state index < -0.39 is 14.9 Å². The maximum atomic E-state index is 12.1. The van der Waals surface area contributed by atoms with E-state index in [0.29, 0.717) is 16.4 Å².